The van der Waals surface area contributed by atoms with Gasteiger partial charge in [0.05, 0.1) is 11.8 Å². The summed E-state index contributed by atoms with van der Waals surface area (Å²) >= 11 is 0. The molecule has 11 heteroatoms. The van der Waals surface area contributed by atoms with Gasteiger partial charge in [-0.25, -0.2) is 17.2 Å². The van der Waals surface area contributed by atoms with E-state index >= 15 is 0 Å². The Morgan fingerprint density at radius 2 is 1.72 bits per heavy atom. The van der Waals surface area contributed by atoms with Crippen molar-refractivity contribution in [2.45, 2.75) is 32.5 Å². The summed E-state index contributed by atoms with van der Waals surface area (Å²) in [5.41, 5.74) is -0.677. The Hall–Kier alpha value is -2.95. The van der Waals surface area contributed by atoms with Crippen LogP contribution in [0.2, 0.25) is 0 Å². The molecule has 0 saturated heterocycles. The second-order valence-electron chi connectivity index (χ2n) is 7.02. The molecule has 0 atom stereocenters. The molecule has 0 bridgehead atoms. The van der Waals surface area contributed by atoms with Gasteiger partial charge in [0.2, 0.25) is 15.9 Å². The van der Waals surface area contributed by atoms with Gasteiger partial charge in [0, 0.05) is 12.6 Å². The van der Waals surface area contributed by atoms with Crippen molar-refractivity contribution in [2.75, 3.05) is 11.0 Å². The monoisotopic (exact) mass is 476 g/mol. The third kappa shape index (κ3) is 7.33. The van der Waals surface area contributed by atoms with Gasteiger partial charge >= 0.3 is 6.18 Å². The van der Waals surface area contributed by atoms with E-state index < -0.39 is 45.0 Å². The lowest BCUT2D eigenvalue weighted by molar-refractivity contribution is -0.137. The summed E-state index contributed by atoms with van der Waals surface area (Å²) in [6, 6.07) is 4.98. The molecule has 2 aromatic rings. The van der Waals surface area contributed by atoms with Crippen molar-refractivity contribution >= 4 is 27.7 Å². The third-order valence-corrected chi connectivity index (χ3v) is 4.83. The quantitative estimate of drug-likeness (QED) is 0.431. The number of rotatable bonds is 8. The second-order valence-corrected chi connectivity index (χ2v) is 8.77. The number of benzene rings is 2. The van der Waals surface area contributed by atoms with Crippen LogP contribution in [0.1, 0.15) is 35.6 Å². The number of hydrogen-bond acceptors (Lipinski definition) is 3. The molecule has 0 unspecified atom stereocenters. The number of hydrogen-bond donors (Lipinski definition) is 2. The summed E-state index contributed by atoms with van der Waals surface area (Å²) in [7, 11) is -3.88. The minimum absolute atomic E-state index is 0.0435. The van der Waals surface area contributed by atoms with E-state index in [2.05, 4.69) is 5.32 Å². The van der Waals surface area contributed by atoms with Crippen LogP contribution >= 0.6 is 0 Å². The number of carbonyl (C=O) groups is 1. The molecule has 0 aliphatic carbocycles. The first kappa shape index (κ1) is 25.3. The Labute approximate surface area is 182 Å². The smallest absolute Gasteiger partial charge is 0.348 e. The van der Waals surface area contributed by atoms with Gasteiger partial charge in [-0.2, -0.15) is 13.2 Å². The number of aryl methyl sites for hydroxylation is 1. The molecule has 0 saturated carbocycles. The predicted octanol–water partition coefficient (Wildman–Crippen LogP) is 4.64. The van der Waals surface area contributed by atoms with Crippen molar-refractivity contribution in [1.29, 1.82) is 0 Å². The first-order valence-electron chi connectivity index (χ1n) is 9.42. The Balaban J connectivity index is 2.10. The predicted molar refractivity (Wildman–Crippen MR) is 111 cm³/mol. The highest BCUT2D eigenvalue weighted by Gasteiger charge is 2.30. The molecule has 2 N–H and O–H groups in total. The Bertz CT molecular complexity index is 1110. The normalized spacial score (nSPS) is 12.2. The fraction of sp³-hybridized carbons (Fsp3) is 0.286. The zero-order valence-electron chi connectivity index (χ0n) is 17.2. The summed E-state index contributed by atoms with van der Waals surface area (Å²) in [6.45, 7) is 1.56. The van der Waals surface area contributed by atoms with Gasteiger partial charge in [-0.1, -0.05) is 19.4 Å². The largest absolute Gasteiger partial charge is 0.416 e. The van der Waals surface area contributed by atoms with Crippen LogP contribution in [0.25, 0.3) is 6.08 Å². The Kier molecular flexibility index (Phi) is 8.00. The highest BCUT2D eigenvalue weighted by molar-refractivity contribution is 7.92. The number of nitrogens with one attached hydrogen (secondary N) is 2. The highest BCUT2D eigenvalue weighted by atomic mass is 32.2. The molecule has 0 aromatic heterocycles. The molecular formula is C21H21F5N2O3S. The number of sulfonamides is 1. The van der Waals surface area contributed by atoms with E-state index in [0.717, 1.165) is 36.6 Å². The topological polar surface area (TPSA) is 75.3 Å². The minimum Gasteiger partial charge on any atom is -0.348 e. The number of halogens is 5. The van der Waals surface area contributed by atoms with E-state index in [4.69, 9.17) is 0 Å². The van der Waals surface area contributed by atoms with Crippen LogP contribution in [0.3, 0.4) is 0 Å². The van der Waals surface area contributed by atoms with Gasteiger partial charge in [-0.05, 0) is 53.5 Å². The zero-order chi connectivity index (χ0) is 24.1. The number of carbonyl (C=O) groups excluding carboxylic acids is 1. The fourth-order valence-corrected chi connectivity index (χ4v) is 3.42. The summed E-state index contributed by atoms with van der Waals surface area (Å²) in [4.78, 5) is 12.1. The number of amides is 1. The van der Waals surface area contributed by atoms with E-state index in [9.17, 15) is 35.2 Å². The van der Waals surface area contributed by atoms with E-state index in [-0.39, 0.29) is 12.1 Å². The van der Waals surface area contributed by atoms with Crippen LogP contribution in [0.4, 0.5) is 27.6 Å². The van der Waals surface area contributed by atoms with E-state index in [1.165, 1.54) is 12.1 Å². The Morgan fingerprint density at radius 3 is 2.25 bits per heavy atom. The van der Waals surface area contributed by atoms with Gasteiger partial charge in [0.1, 0.15) is 5.69 Å². The van der Waals surface area contributed by atoms with E-state index in [0.29, 0.717) is 24.0 Å². The first-order chi connectivity index (χ1) is 14.8. The van der Waals surface area contributed by atoms with Gasteiger partial charge in [0.25, 0.3) is 0 Å². The SMILES string of the molecule is CCCc1cc(C(F)(F)F)ccc1/C=C/C(=O)NCc1cc(F)c(NS(C)(=O)=O)c(F)c1. The Morgan fingerprint density at radius 1 is 1.09 bits per heavy atom. The molecule has 0 fully saturated rings. The van der Waals surface area contributed by atoms with Crippen molar-refractivity contribution in [3.05, 3.63) is 70.3 Å². The van der Waals surface area contributed by atoms with Gasteiger partial charge in [0.15, 0.2) is 11.6 Å². The lowest BCUT2D eigenvalue weighted by Crippen LogP contribution is -2.21. The third-order valence-electron chi connectivity index (χ3n) is 4.26. The summed E-state index contributed by atoms with van der Waals surface area (Å²) in [5, 5.41) is 2.40. The molecule has 1 amide bonds. The molecule has 174 valence electrons. The van der Waals surface area contributed by atoms with Crippen LogP contribution in [0.15, 0.2) is 36.4 Å². The summed E-state index contributed by atoms with van der Waals surface area (Å²) in [5.74, 6) is -2.93. The van der Waals surface area contributed by atoms with Crippen LogP contribution in [0, 0.1) is 11.6 Å². The number of alkyl halides is 3. The molecule has 5 nitrogen and oxygen atoms in total. The summed E-state index contributed by atoms with van der Waals surface area (Å²) in [6.07, 6.45) is -0.268. The average Bonchev–Trinajstić information content (AvgIpc) is 2.67. The van der Waals surface area contributed by atoms with Crippen LogP contribution in [-0.4, -0.2) is 20.6 Å². The molecule has 0 spiro atoms. The maximum atomic E-state index is 14.0. The van der Waals surface area contributed by atoms with Crippen LogP contribution in [-0.2, 0) is 34.0 Å². The molecule has 2 aromatic carbocycles. The van der Waals surface area contributed by atoms with Crippen molar-refractivity contribution in [3.8, 4) is 0 Å². The highest BCUT2D eigenvalue weighted by Crippen LogP contribution is 2.31. The molecule has 0 radical (unpaired) electrons. The van der Waals surface area contributed by atoms with Crippen molar-refractivity contribution in [3.63, 3.8) is 0 Å². The average molecular weight is 476 g/mol. The minimum atomic E-state index is -4.47. The maximum absolute atomic E-state index is 14.0. The fourth-order valence-electron chi connectivity index (χ4n) is 2.85. The molecule has 32 heavy (non-hydrogen) atoms. The molecule has 0 aliphatic rings. The van der Waals surface area contributed by atoms with E-state index in [1.807, 2.05) is 6.92 Å². The van der Waals surface area contributed by atoms with Gasteiger partial charge in [-0.15, -0.1) is 0 Å². The molecule has 2 rings (SSSR count). The second kappa shape index (κ2) is 10.1. The summed E-state index contributed by atoms with van der Waals surface area (Å²) < 4.78 is 90.8. The van der Waals surface area contributed by atoms with Gasteiger partial charge < -0.3 is 5.32 Å². The van der Waals surface area contributed by atoms with E-state index in [1.54, 1.807) is 4.72 Å². The van der Waals surface area contributed by atoms with Crippen molar-refractivity contribution in [1.82, 2.24) is 5.32 Å². The molecule has 0 aliphatic heterocycles. The van der Waals surface area contributed by atoms with Crippen molar-refractivity contribution in [2.24, 2.45) is 0 Å². The first-order valence-corrected chi connectivity index (χ1v) is 11.3. The maximum Gasteiger partial charge on any atom is 0.416 e. The molecule has 0 heterocycles. The number of anilines is 1. The molecular weight excluding hydrogens is 455 g/mol. The van der Waals surface area contributed by atoms with Gasteiger partial charge in [-0.3, -0.25) is 9.52 Å². The lowest BCUT2D eigenvalue weighted by atomic mass is 9.99. The van der Waals surface area contributed by atoms with Crippen LogP contribution < -0.4 is 10.0 Å². The lowest BCUT2D eigenvalue weighted by Gasteiger charge is -2.11. The van der Waals surface area contributed by atoms with Crippen molar-refractivity contribution < 1.29 is 35.2 Å². The zero-order valence-corrected chi connectivity index (χ0v) is 18.0. The van der Waals surface area contributed by atoms with Crippen LogP contribution in [0.5, 0.6) is 0 Å². The standard InChI is InChI=1S/C21H21F5N2O3S/c1-3-4-15-11-16(21(24,25)26)7-5-14(15)6-8-19(29)27-12-13-9-17(22)20(18(23)10-13)28-32(2,30)31/h5-11,28H,3-4,12H2,1-2H3,(H,27,29)/b8-6+.